The second-order valence-corrected chi connectivity index (χ2v) is 26.6. The summed E-state index contributed by atoms with van der Waals surface area (Å²) in [6.07, 6.45) is -4.47. The van der Waals surface area contributed by atoms with Crippen molar-refractivity contribution in [3.05, 3.63) is 70.2 Å². The molecule has 1 aliphatic heterocycles. The van der Waals surface area contributed by atoms with Gasteiger partial charge < -0.3 is 55.6 Å². The van der Waals surface area contributed by atoms with Crippen LogP contribution in [0.25, 0.3) is 0 Å². The Morgan fingerprint density at radius 2 is 1.05 bits per heavy atom. The van der Waals surface area contributed by atoms with Gasteiger partial charge in [0.1, 0.15) is 41.8 Å². The predicted molar refractivity (Wildman–Crippen MR) is 340 cm³/mol. The number of likely N-dealkylation sites (N-methyl/N-ethyl adjacent to an activating group) is 7. The molecule has 91 heavy (non-hydrogen) atoms. The van der Waals surface area contributed by atoms with Gasteiger partial charge in [-0.3, -0.25) is 52.7 Å². The van der Waals surface area contributed by atoms with Crippen LogP contribution in [0.15, 0.2) is 48.5 Å². The van der Waals surface area contributed by atoms with Crippen molar-refractivity contribution in [2.24, 2.45) is 23.7 Å². The zero-order chi connectivity index (χ0) is 69.3. The van der Waals surface area contributed by atoms with Crippen LogP contribution in [0, 0.1) is 23.7 Å². The van der Waals surface area contributed by atoms with Crippen molar-refractivity contribution in [1.29, 1.82) is 0 Å². The molecule has 1 saturated heterocycles. The number of carbonyl (C=O) groups excluding carboxylic acids is 11. The number of hydrogen-bond acceptors (Lipinski definition) is 11. The van der Waals surface area contributed by atoms with Crippen molar-refractivity contribution >= 4 is 76.6 Å². The Labute approximate surface area is 540 Å². The summed E-state index contributed by atoms with van der Waals surface area (Å²) in [5.74, 6) is -8.62. The average molecular weight is 1300 g/mol. The minimum atomic E-state index is -4.63. The summed E-state index contributed by atoms with van der Waals surface area (Å²) in [6.45, 7) is 17.4. The number of nitrogens with one attached hydrogen (secondary N) is 4. The standard InChI is InChI=1S/C65H99ClF3N11O11/c1-19-41(8)56-62(90)76(14)36-54(83)74(12)37-55(84)79(17)51(34-44-22-27-46(66)28-23-44)61(89)75(13)35-52(81)70-47(29-24-43-20-25-45(26-21-43)65(67,68)69)57(85)71-49(31-39(4)5)60(88)80(18)64(10,11)63(91)72-48(30-38(2)3)59(87)77(15)42(9)33-53(82)78(16)50(32-40(6)7)58(86)73-56/h20-23,25-28,38-42,47-51,56H,19,24,29-37H2,1-18H3,(H,70,81)(H,71,85)(H,72,91)(H,73,86)/t41-,42+,47-,48-,49+,50-,51-,56-/m0/s1. The van der Waals surface area contributed by atoms with Gasteiger partial charge in [-0.2, -0.15) is 13.2 Å². The van der Waals surface area contributed by atoms with Crippen LogP contribution in [0.2, 0.25) is 5.02 Å². The molecule has 1 fully saturated rings. The fourth-order valence-electron chi connectivity index (χ4n) is 10.3. The highest BCUT2D eigenvalue weighted by molar-refractivity contribution is 6.30. The van der Waals surface area contributed by atoms with Gasteiger partial charge >= 0.3 is 6.18 Å². The van der Waals surface area contributed by atoms with Crippen molar-refractivity contribution in [2.75, 3.05) is 69.0 Å². The van der Waals surface area contributed by atoms with Crippen LogP contribution in [0.3, 0.4) is 0 Å². The first kappa shape index (κ1) is 77.9. The van der Waals surface area contributed by atoms with Crippen LogP contribution in [-0.4, -0.2) is 216 Å². The van der Waals surface area contributed by atoms with Gasteiger partial charge in [0.25, 0.3) is 0 Å². The van der Waals surface area contributed by atoms with Gasteiger partial charge in [-0.15, -0.1) is 0 Å². The molecule has 0 spiro atoms. The van der Waals surface area contributed by atoms with E-state index in [1.54, 1.807) is 52.0 Å². The molecule has 11 amide bonds. The van der Waals surface area contributed by atoms with Gasteiger partial charge in [0, 0.05) is 73.2 Å². The molecule has 0 aliphatic carbocycles. The molecule has 0 bridgehead atoms. The molecular weight excluding hydrogens is 1200 g/mol. The van der Waals surface area contributed by atoms with Gasteiger partial charge in [0.2, 0.25) is 65.0 Å². The minimum absolute atomic E-state index is 0.0257. The lowest BCUT2D eigenvalue weighted by Gasteiger charge is -2.39. The monoisotopic (exact) mass is 1300 g/mol. The highest BCUT2D eigenvalue weighted by Gasteiger charge is 2.43. The number of alkyl halides is 3. The molecule has 0 unspecified atom stereocenters. The first-order chi connectivity index (χ1) is 42.1. The highest BCUT2D eigenvalue weighted by Crippen LogP contribution is 2.30. The molecule has 3 rings (SSSR count). The topological polar surface area (TPSA) is 259 Å². The molecular formula is C65H99ClF3N11O11. The second kappa shape index (κ2) is 34.4. The number of amides is 11. The van der Waals surface area contributed by atoms with Crippen LogP contribution in [-0.2, 0) is 71.8 Å². The largest absolute Gasteiger partial charge is 0.416 e. The molecule has 22 nitrogen and oxygen atoms in total. The molecule has 1 aliphatic rings. The maximum Gasteiger partial charge on any atom is 0.416 e. The summed E-state index contributed by atoms with van der Waals surface area (Å²) < 4.78 is 40.7. The van der Waals surface area contributed by atoms with Crippen molar-refractivity contribution in [3.8, 4) is 0 Å². The lowest BCUT2D eigenvalue weighted by Crippen LogP contribution is -2.63. The first-order valence-electron chi connectivity index (χ1n) is 31.0. The SMILES string of the molecule is CC[C@H](C)[C@@H]1NC(=O)[C@H](CC(C)C)N(C)C(=O)C[C@@H](C)N(C)C(=O)[C@H](CC(C)C)NC(=O)C(C)(C)N(C)C(=O)[C@@H](CC(C)C)NC(=O)[C@H](CCc2ccc(C(F)(F)F)cc2)NC(=O)CN(C)C(=O)[C@H](Cc2ccc(Cl)cc2)N(C)C(=O)CN(C)C(=O)CN(C)C1=O. The zero-order valence-corrected chi connectivity index (χ0v) is 57.1. The Bertz CT molecular complexity index is 2880. The van der Waals surface area contributed by atoms with E-state index >= 15 is 0 Å². The third kappa shape index (κ3) is 22.8. The number of nitrogens with zero attached hydrogens (tertiary/aromatic N) is 7. The first-order valence-corrected chi connectivity index (χ1v) is 31.4. The van der Waals surface area contributed by atoms with E-state index in [-0.39, 0.29) is 62.7 Å². The van der Waals surface area contributed by atoms with Crippen LogP contribution < -0.4 is 21.3 Å². The normalized spacial score (nSPS) is 23.6. The smallest absolute Gasteiger partial charge is 0.343 e. The molecule has 2 aromatic rings. The van der Waals surface area contributed by atoms with Crippen molar-refractivity contribution in [3.63, 3.8) is 0 Å². The summed E-state index contributed by atoms with van der Waals surface area (Å²) in [5, 5.41) is 11.5. The molecule has 508 valence electrons. The van der Waals surface area contributed by atoms with E-state index in [9.17, 15) is 65.9 Å². The summed E-state index contributed by atoms with van der Waals surface area (Å²) >= 11 is 6.20. The molecule has 8 atom stereocenters. The zero-order valence-electron chi connectivity index (χ0n) is 56.4. The Kier molecular flexibility index (Phi) is 29.4. The van der Waals surface area contributed by atoms with Gasteiger partial charge in [-0.1, -0.05) is 97.7 Å². The maximum atomic E-state index is 14.8. The highest BCUT2D eigenvalue weighted by atomic mass is 35.5. The van der Waals surface area contributed by atoms with Gasteiger partial charge in [0.15, 0.2) is 0 Å². The summed E-state index contributed by atoms with van der Waals surface area (Å²) in [6, 6.07) is 2.38. The fraction of sp³-hybridized carbons (Fsp3) is 0.646. The van der Waals surface area contributed by atoms with Crippen LogP contribution in [0.5, 0.6) is 0 Å². The van der Waals surface area contributed by atoms with E-state index < -0.39 is 150 Å². The van der Waals surface area contributed by atoms with E-state index in [4.69, 9.17) is 11.6 Å². The van der Waals surface area contributed by atoms with Gasteiger partial charge in [-0.25, -0.2) is 0 Å². The van der Waals surface area contributed by atoms with Gasteiger partial charge in [-0.05, 0) is 112 Å². The van der Waals surface area contributed by atoms with E-state index in [1.807, 2.05) is 34.6 Å². The Hall–Kier alpha value is -7.31. The molecule has 2 aromatic carbocycles. The van der Waals surface area contributed by atoms with Crippen LogP contribution in [0.4, 0.5) is 13.2 Å². The van der Waals surface area contributed by atoms with Crippen molar-refractivity contribution < 1.29 is 65.9 Å². The number of halogens is 4. The van der Waals surface area contributed by atoms with Crippen molar-refractivity contribution in [2.45, 2.75) is 182 Å². The number of hydrogen-bond donors (Lipinski definition) is 4. The molecule has 1 heterocycles. The summed E-state index contributed by atoms with van der Waals surface area (Å²) in [7, 11) is 9.67. The number of carbonyl (C=O) groups is 11. The van der Waals surface area contributed by atoms with Crippen LogP contribution in [0.1, 0.15) is 131 Å². The molecule has 4 N–H and O–H groups in total. The lowest BCUT2D eigenvalue weighted by atomic mass is 9.95. The van der Waals surface area contributed by atoms with E-state index in [1.165, 1.54) is 85.1 Å². The second-order valence-electron chi connectivity index (χ2n) is 26.2. The maximum absolute atomic E-state index is 14.8. The molecule has 0 radical (unpaired) electrons. The summed E-state index contributed by atoms with van der Waals surface area (Å²) in [5.41, 5.74) is -1.67. The van der Waals surface area contributed by atoms with Gasteiger partial charge in [0.05, 0.1) is 25.2 Å². The quantitative estimate of drug-likeness (QED) is 0.203. The average Bonchev–Trinajstić information content (AvgIpc) is 0.858. The lowest BCUT2D eigenvalue weighted by molar-refractivity contribution is -0.149. The Morgan fingerprint density at radius 1 is 0.549 bits per heavy atom. The Balaban J connectivity index is 2.23. The fourth-order valence-corrected chi connectivity index (χ4v) is 10.4. The predicted octanol–water partition coefficient (Wildman–Crippen LogP) is 5.17. The van der Waals surface area contributed by atoms with E-state index in [0.29, 0.717) is 22.6 Å². The number of rotatable bonds is 13. The molecule has 0 aromatic heterocycles. The van der Waals surface area contributed by atoms with E-state index in [0.717, 1.165) is 36.6 Å². The molecule has 26 heteroatoms. The third-order valence-corrected chi connectivity index (χ3v) is 17.2. The minimum Gasteiger partial charge on any atom is -0.343 e. The molecule has 0 saturated carbocycles. The van der Waals surface area contributed by atoms with E-state index in [2.05, 4.69) is 21.3 Å². The third-order valence-electron chi connectivity index (χ3n) is 16.9. The van der Waals surface area contributed by atoms with Crippen molar-refractivity contribution in [1.82, 2.24) is 55.6 Å². The number of aryl methyl sites for hydroxylation is 1. The summed E-state index contributed by atoms with van der Waals surface area (Å²) in [4.78, 5) is 167. The Morgan fingerprint density at radius 3 is 1.58 bits per heavy atom. The van der Waals surface area contributed by atoms with Crippen LogP contribution >= 0.6 is 11.6 Å². The number of benzene rings is 2.